The summed E-state index contributed by atoms with van der Waals surface area (Å²) in [4.78, 5) is 0. The zero-order valence-corrected chi connectivity index (χ0v) is 20.6. The van der Waals surface area contributed by atoms with E-state index in [4.69, 9.17) is 5.73 Å². The van der Waals surface area contributed by atoms with Gasteiger partial charge in [-0.1, -0.05) is 49.1 Å². The highest BCUT2D eigenvalue weighted by Crippen LogP contribution is 2.41. The van der Waals surface area contributed by atoms with Crippen LogP contribution in [0.25, 0.3) is 0 Å². The van der Waals surface area contributed by atoms with Gasteiger partial charge in [0.15, 0.2) is 6.10 Å². The molecule has 0 aromatic heterocycles. The van der Waals surface area contributed by atoms with Gasteiger partial charge < -0.3 is 25.6 Å². The zero-order chi connectivity index (χ0) is 30.2. The fourth-order valence-corrected chi connectivity index (χ4v) is 3.82. The first-order valence-corrected chi connectivity index (χ1v) is 11.4. The van der Waals surface area contributed by atoms with Crippen molar-refractivity contribution in [1.82, 2.24) is 5.32 Å². The summed E-state index contributed by atoms with van der Waals surface area (Å²) in [5, 5.41) is 11.9. The number of aliphatic hydroxyl groups is 1. The molecule has 2 rings (SSSR count). The molecule has 14 heteroatoms. The SMILES string of the molecule is C=C/C=C\C=C(/N)CC(CNC[C@@H](O)C(F)(F)F)(c1cccc(OC(F)(F)F)c1)c1cccc(OC(F)(F)F)c1. The molecule has 0 radical (unpaired) electrons. The largest absolute Gasteiger partial charge is 0.573 e. The number of alkyl halides is 9. The van der Waals surface area contributed by atoms with Crippen LogP contribution >= 0.6 is 0 Å². The van der Waals surface area contributed by atoms with Gasteiger partial charge in [0.2, 0.25) is 0 Å². The van der Waals surface area contributed by atoms with Gasteiger partial charge in [0.1, 0.15) is 11.5 Å². The summed E-state index contributed by atoms with van der Waals surface area (Å²) in [7, 11) is 0. The lowest BCUT2D eigenvalue weighted by Crippen LogP contribution is -2.45. The van der Waals surface area contributed by atoms with Crippen molar-refractivity contribution in [3.05, 3.63) is 96.2 Å². The van der Waals surface area contributed by atoms with Crippen LogP contribution in [-0.4, -0.2) is 43.2 Å². The van der Waals surface area contributed by atoms with E-state index >= 15 is 0 Å². The summed E-state index contributed by atoms with van der Waals surface area (Å²) in [6.45, 7) is 1.93. The Labute approximate surface area is 223 Å². The number of halogens is 9. The third kappa shape index (κ3) is 10.2. The zero-order valence-electron chi connectivity index (χ0n) is 20.6. The summed E-state index contributed by atoms with van der Waals surface area (Å²) in [5.74, 6) is -1.39. The van der Waals surface area contributed by atoms with Gasteiger partial charge >= 0.3 is 18.9 Å². The van der Waals surface area contributed by atoms with E-state index in [2.05, 4.69) is 21.4 Å². The lowest BCUT2D eigenvalue weighted by atomic mass is 9.71. The van der Waals surface area contributed by atoms with E-state index in [0.717, 1.165) is 24.3 Å². The van der Waals surface area contributed by atoms with E-state index in [1.54, 1.807) is 0 Å². The number of ether oxygens (including phenoxy) is 2. The van der Waals surface area contributed by atoms with Gasteiger partial charge in [0.05, 0.1) is 0 Å². The first-order chi connectivity index (χ1) is 18.4. The van der Waals surface area contributed by atoms with Gasteiger partial charge in [-0.05, 0) is 41.5 Å². The second-order valence-electron chi connectivity index (χ2n) is 8.46. The van der Waals surface area contributed by atoms with E-state index in [1.807, 2.05) is 0 Å². The monoisotopic (exact) mass is 584 g/mol. The Morgan fingerprint density at radius 2 is 1.38 bits per heavy atom. The van der Waals surface area contributed by atoms with Crippen molar-refractivity contribution in [1.29, 1.82) is 0 Å². The molecule has 0 saturated heterocycles. The third-order valence-corrected chi connectivity index (χ3v) is 5.45. The van der Waals surface area contributed by atoms with Crippen LogP contribution in [0.15, 0.2) is 85.1 Å². The molecule has 220 valence electrons. The van der Waals surface area contributed by atoms with Crippen molar-refractivity contribution in [3.8, 4) is 11.5 Å². The molecule has 0 amide bonds. The van der Waals surface area contributed by atoms with Crippen molar-refractivity contribution in [3.63, 3.8) is 0 Å². The van der Waals surface area contributed by atoms with Crippen LogP contribution in [0, 0.1) is 0 Å². The average molecular weight is 584 g/mol. The summed E-state index contributed by atoms with van der Waals surface area (Å²) >= 11 is 0. The second kappa shape index (κ2) is 13.1. The van der Waals surface area contributed by atoms with Crippen molar-refractivity contribution in [2.75, 3.05) is 13.1 Å². The Bertz CT molecular complexity index is 1130. The number of hydrogen-bond acceptors (Lipinski definition) is 5. The molecule has 1 atom stereocenters. The molecule has 0 saturated carbocycles. The highest BCUT2D eigenvalue weighted by Gasteiger charge is 2.41. The minimum Gasteiger partial charge on any atom is -0.406 e. The first kappa shape index (κ1) is 32.6. The van der Waals surface area contributed by atoms with E-state index in [9.17, 15) is 44.6 Å². The van der Waals surface area contributed by atoms with Crippen molar-refractivity contribution >= 4 is 0 Å². The molecular formula is C26H25F9N2O3. The first-order valence-electron chi connectivity index (χ1n) is 11.4. The maximum Gasteiger partial charge on any atom is 0.573 e. The van der Waals surface area contributed by atoms with Gasteiger partial charge in [-0.3, -0.25) is 0 Å². The van der Waals surface area contributed by atoms with Crippen LogP contribution in [-0.2, 0) is 5.41 Å². The lowest BCUT2D eigenvalue weighted by molar-refractivity contribution is -0.275. The molecule has 0 bridgehead atoms. The molecule has 0 aliphatic heterocycles. The second-order valence-corrected chi connectivity index (χ2v) is 8.46. The van der Waals surface area contributed by atoms with E-state index in [1.165, 1.54) is 48.6 Å². The van der Waals surface area contributed by atoms with Gasteiger partial charge in [-0.2, -0.15) is 13.2 Å². The topological polar surface area (TPSA) is 76.7 Å². The predicted molar refractivity (Wildman–Crippen MR) is 128 cm³/mol. The van der Waals surface area contributed by atoms with Crippen LogP contribution in [0.2, 0.25) is 0 Å². The Kier molecular flexibility index (Phi) is 10.7. The highest BCUT2D eigenvalue weighted by molar-refractivity contribution is 5.47. The maximum absolute atomic E-state index is 13.0. The van der Waals surface area contributed by atoms with Gasteiger partial charge in [-0.15, -0.1) is 26.3 Å². The number of benzene rings is 2. The number of hydrogen-bond donors (Lipinski definition) is 3. The van der Waals surface area contributed by atoms with Crippen molar-refractivity contribution in [2.45, 2.75) is 36.8 Å². The van der Waals surface area contributed by atoms with E-state index < -0.39 is 55.0 Å². The minimum atomic E-state index is -5.09. The normalized spacial score (nSPS) is 14.3. The fraction of sp³-hybridized carbons (Fsp3) is 0.308. The molecule has 2 aromatic rings. The van der Waals surface area contributed by atoms with Gasteiger partial charge in [-0.25, -0.2) is 0 Å². The molecule has 0 heterocycles. The maximum atomic E-state index is 13.0. The molecule has 5 nitrogen and oxygen atoms in total. The molecule has 2 aromatic carbocycles. The van der Waals surface area contributed by atoms with Crippen LogP contribution in [0.3, 0.4) is 0 Å². The van der Waals surface area contributed by atoms with E-state index in [0.29, 0.717) is 0 Å². The van der Waals surface area contributed by atoms with Crippen LogP contribution in [0.4, 0.5) is 39.5 Å². The van der Waals surface area contributed by atoms with Crippen LogP contribution < -0.4 is 20.5 Å². The standard InChI is InChI=1S/C26H25F9N2O3/c1-2-3-4-9-19(36)14-23(16-37-15-22(38)24(27,28)29,17-7-5-10-20(12-17)39-25(30,31)32)18-8-6-11-21(13-18)40-26(33,34)35/h2-13,22,37-38H,1,14-16,36H2/b4-3-,19-9-/t22-/m1/s1. The summed E-state index contributed by atoms with van der Waals surface area (Å²) in [6, 6.07) is 8.80. The lowest BCUT2D eigenvalue weighted by Gasteiger charge is -2.37. The molecule has 0 spiro atoms. The number of rotatable bonds is 12. The Balaban J connectivity index is 2.75. The number of aliphatic hydroxyl groups excluding tert-OH is 1. The van der Waals surface area contributed by atoms with Gasteiger partial charge in [0, 0.05) is 30.6 Å². The Hall–Kier alpha value is -3.65. The smallest absolute Gasteiger partial charge is 0.406 e. The molecule has 0 unspecified atom stereocenters. The predicted octanol–water partition coefficient (Wildman–Crippen LogP) is 6.26. The van der Waals surface area contributed by atoms with Crippen molar-refractivity contribution in [2.24, 2.45) is 5.73 Å². The Morgan fingerprint density at radius 1 is 0.875 bits per heavy atom. The average Bonchev–Trinajstić information content (AvgIpc) is 2.81. The number of nitrogens with one attached hydrogen (secondary N) is 1. The summed E-state index contributed by atoms with van der Waals surface area (Å²) < 4.78 is 124. The van der Waals surface area contributed by atoms with Gasteiger partial charge in [0.25, 0.3) is 0 Å². The molecule has 0 aliphatic rings. The van der Waals surface area contributed by atoms with E-state index in [-0.39, 0.29) is 23.2 Å². The number of nitrogens with two attached hydrogens (primary N) is 1. The molecule has 0 aliphatic carbocycles. The molecule has 0 fully saturated rings. The minimum absolute atomic E-state index is 0.00328. The highest BCUT2D eigenvalue weighted by atomic mass is 19.4. The molecule has 40 heavy (non-hydrogen) atoms. The Morgan fingerprint density at radius 3 is 1.80 bits per heavy atom. The van der Waals surface area contributed by atoms with Crippen LogP contribution in [0.5, 0.6) is 11.5 Å². The third-order valence-electron chi connectivity index (χ3n) is 5.45. The quantitative estimate of drug-likeness (QED) is 0.203. The fourth-order valence-electron chi connectivity index (χ4n) is 3.82. The molecule has 4 N–H and O–H groups in total. The number of allylic oxidation sites excluding steroid dienone is 5. The van der Waals surface area contributed by atoms with Crippen LogP contribution in [0.1, 0.15) is 17.5 Å². The summed E-state index contributed by atoms with van der Waals surface area (Å²) in [6.07, 6.45) is -12.6. The van der Waals surface area contributed by atoms with Crippen molar-refractivity contribution < 1.29 is 54.1 Å². The summed E-state index contributed by atoms with van der Waals surface area (Å²) in [5.41, 5.74) is 4.51. The molecular weight excluding hydrogens is 559 g/mol.